The van der Waals surface area contributed by atoms with Gasteiger partial charge in [0, 0.05) is 19.3 Å². The fourth-order valence-corrected chi connectivity index (χ4v) is 2.46. The van der Waals surface area contributed by atoms with Gasteiger partial charge in [0.25, 0.3) is 0 Å². The molecule has 20 heavy (non-hydrogen) atoms. The maximum Gasteiger partial charge on any atom is 0.354 e. The normalized spacial score (nSPS) is 10.3. The highest BCUT2D eigenvalue weighted by atomic mass is 32.1. The largest absolute Gasteiger partial charge is 0.477 e. The van der Waals surface area contributed by atoms with Crippen LogP contribution in [0.5, 0.6) is 0 Å². The molecule has 0 spiro atoms. The number of carboxylic acid groups (broad SMARTS) is 1. The number of anilines is 1. The summed E-state index contributed by atoms with van der Waals surface area (Å²) in [5.41, 5.74) is 1.98. The lowest BCUT2D eigenvalue weighted by atomic mass is 10.3. The molecule has 2 rings (SSSR count). The molecule has 0 saturated heterocycles. The Morgan fingerprint density at radius 2 is 2.25 bits per heavy atom. The third-order valence-corrected chi connectivity index (χ3v) is 3.49. The molecule has 3 N–H and O–H groups in total. The summed E-state index contributed by atoms with van der Waals surface area (Å²) in [6, 6.07) is 3.19. The van der Waals surface area contributed by atoms with Gasteiger partial charge in [0.2, 0.25) is 0 Å². The SMILES string of the molecule is Cc1cc(NC(=O)N(C)Cc2ccsc2)c(C(=O)O)[nH]1. The van der Waals surface area contributed by atoms with Crippen molar-refractivity contribution < 1.29 is 14.7 Å². The minimum absolute atomic E-state index is 0.0141. The van der Waals surface area contributed by atoms with Crippen LogP contribution in [0.25, 0.3) is 0 Å². The first-order valence-corrected chi connectivity index (χ1v) is 6.87. The molecular weight excluding hydrogens is 278 g/mol. The van der Waals surface area contributed by atoms with Crippen LogP contribution < -0.4 is 5.32 Å². The number of aromatic nitrogens is 1. The molecule has 2 aromatic rings. The van der Waals surface area contributed by atoms with Crippen molar-refractivity contribution in [2.75, 3.05) is 12.4 Å². The van der Waals surface area contributed by atoms with E-state index < -0.39 is 5.97 Å². The van der Waals surface area contributed by atoms with Crippen molar-refractivity contribution in [3.05, 3.63) is 39.8 Å². The van der Waals surface area contributed by atoms with Gasteiger partial charge < -0.3 is 20.3 Å². The smallest absolute Gasteiger partial charge is 0.354 e. The van der Waals surface area contributed by atoms with E-state index in [1.54, 1.807) is 31.4 Å². The Bertz CT molecular complexity index is 619. The maximum atomic E-state index is 12.0. The number of carbonyl (C=O) groups is 2. The second kappa shape index (κ2) is 5.79. The number of hydrogen-bond donors (Lipinski definition) is 3. The average molecular weight is 293 g/mol. The number of rotatable bonds is 4. The number of nitrogens with one attached hydrogen (secondary N) is 2. The Morgan fingerprint density at radius 3 is 2.85 bits per heavy atom. The second-order valence-electron chi connectivity index (χ2n) is 4.46. The summed E-state index contributed by atoms with van der Waals surface area (Å²) >= 11 is 1.57. The number of nitrogens with zero attached hydrogens (tertiary/aromatic N) is 1. The highest BCUT2D eigenvalue weighted by Gasteiger charge is 2.17. The van der Waals surface area contributed by atoms with Crippen molar-refractivity contribution in [2.45, 2.75) is 13.5 Å². The van der Waals surface area contributed by atoms with Crippen LogP contribution in [0, 0.1) is 6.92 Å². The van der Waals surface area contributed by atoms with Crippen molar-refractivity contribution in [1.29, 1.82) is 0 Å². The molecule has 106 valence electrons. The Hall–Kier alpha value is -2.28. The van der Waals surface area contributed by atoms with Gasteiger partial charge in [-0.25, -0.2) is 9.59 Å². The van der Waals surface area contributed by atoms with Crippen LogP contribution in [0.3, 0.4) is 0 Å². The van der Waals surface area contributed by atoms with Crippen molar-refractivity contribution in [3.8, 4) is 0 Å². The lowest BCUT2D eigenvalue weighted by Crippen LogP contribution is -2.31. The zero-order valence-electron chi connectivity index (χ0n) is 11.1. The fraction of sp³-hybridized carbons (Fsp3) is 0.231. The van der Waals surface area contributed by atoms with Gasteiger partial charge in [0.05, 0.1) is 5.69 Å². The summed E-state index contributed by atoms with van der Waals surface area (Å²) in [4.78, 5) is 27.3. The highest BCUT2D eigenvalue weighted by molar-refractivity contribution is 7.07. The molecule has 0 aliphatic heterocycles. The molecule has 2 heterocycles. The molecule has 2 aromatic heterocycles. The number of urea groups is 1. The van der Waals surface area contributed by atoms with Crippen LogP contribution in [0.1, 0.15) is 21.7 Å². The molecule has 0 atom stereocenters. The van der Waals surface area contributed by atoms with Crippen molar-refractivity contribution in [3.63, 3.8) is 0 Å². The Kier molecular flexibility index (Phi) is 4.09. The number of aromatic carboxylic acids is 1. The van der Waals surface area contributed by atoms with Crippen LogP contribution in [-0.4, -0.2) is 34.0 Å². The number of aromatic amines is 1. The minimum atomic E-state index is -1.10. The van der Waals surface area contributed by atoms with E-state index >= 15 is 0 Å². The third kappa shape index (κ3) is 3.18. The van der Waals surface area contributed by atoms with E-state index in [1.807, 2.05) is 16.8 Å². The third-order valence-electron chi connectivity index (χ3n) is 2.75. The van der Waals surface area contributed by atoms with Gasteiger partial charge in [-0.1, -0.05) is 0 Å². The molecule has 0 fully saturated rings. The monoisotopic (exact) mass is 293 g/mol. The van der Waals surface area contributed by atoms with Crippen molar-refractivity contribution >= 4 is 29.0 Å². The molecule has 2 amide bonds. The van der Waals surface area contributed by atoms with Gasteiger partial charge in [-0.2, -0.15) is 11.3 Å². The van der Waals surface area contributed by atoms with Crippen molar-refractivity contribution in [2.24, 2.45) is 0 Å². The molecule has 0 unspecified atom stereocenters. The van der Waals surface area contributed by atoms with Gasteiger partial charge >= 0.3 is 12.0 Å². The summed E-state index contributed by atoms with van der Waals surface area (Å²) in [7, 11) is 1.66. The zero-order chi connectivity index (χ0) is 14.7. The van der Waals surface area contributed by atoms with E-state index in [1.165, 1.54) is 4.90 Å². The first-order chi connectivity index (χ1) is 9.47. The van der Waals surface area contributed by atoms with Crippen molar-refractivity contribution in [1.82, 2.24) is 9.88 Å². The molecule has 0 bridgehead atoms. The van der Waals surface area contributed by atoms with Crippen LogP contribution in [0.15, 0.2) is 22.9 Å². The Labute approximate surface area is 120 Å². The van der Waals surface area contributed by atoms with Gasteiger partial charge in [-0.15, -0.1) is 0 Å². The number of aryl methyl sites for hydroxylation is 1. The molecule has 0 aromatic carbocycles. The van der Waals surface area contributed by atoms with E-state index in [0.29, 0.717) is 12.2 Å². The minimum Gasteiger partial charge on any atom is -0.477 e. The molecule has 7 heteroatoms. The lowest BCUT2D eigenvalue weighted by Gasteiger charge is -2.17. The summed E-state index contributed by atoms with van der Waals surface area (Å²) in [5, 5.41) is 15.6. The van der Waals surface area contributed by atoms with Gasteiger partial charge in [-0.3, -0.25) is 0 Å². The lowest BCUT2D eigenvalue weighted by molar-refractivity contribution is 0.0692. The van der Waals surface area contributed by atoms with E-state index in [9.17, 15) is 9.59 Å². The van der Waals surface area contributed by atoms with E-state index in [0.717, 1.165) is 5.56 Å². The predicted octanol–water partition coefficient (Wildman–Crippen LogP) is 2.75. The number of H-pyrrole nitrogens is 1. The fourth-order valence-electron chi connectivity index (χ4n) is 1.80. The van der Waals surface area contributed by atoms with Crippen LogP contribution in [0.4, 0.5) is 10.5 Å². The van der Waals surface area contributed by atoms with Crippen LogP contribution in [-0.2, 0) is 6.54 Å². The Morgan fingerprint density at radius 1 is 1.50 bits per heavy atom. The molecule has 0 saturated carbocycles. The molecule has 0 radical (unpaired) electrons. The molecule has 6 nitrogen and oxygen atoms in total. The second-order valence-corrected chi connectivity index (χ2v) is 5.24. The zero-order valence-corrected chi connectivity index (χ0v) is 12.0. The van der Waals surface area contributed by atoms with E-state index in [2.05, 4.69) is 10.3 Å². The Balaban J connectivity index is 2.05. The first kappa shape index (κ1) is 14.1. The van der Waals surface area contributed by atoms with Crippen LogP contribution in [0.2, 0.25) is 0 Å². The van der Waals surface area contributed by atoms with Crippen LogP contribution >= 0.6 is 11.3 Å². The van der Waals surface area contributed by atoms with Gasteiger partial charge in [0.15, 0.2) is 0 Å². The highest BCUT2D eigenvalue weighted by Crippen LogP contribution is 2.18. The van der Waals surface area contributed by atoms with Gasteiger partial charge in [-0.05, 0) is 35.4 Å². The summed E-state index contributed by atoms with van der Waals surface area (Å²) in [6.45, 7) is 2.21. The molecular formula is C13H15N3O3S. The number of thiophene rings is 1. The standard InChI is InChI=1S/C13H15N3O3S/c1-8-5-10(11(14-8)12(17)18)15-13(19)16(2)6-9-3-4-20-7-9/h3-5,7,14H,6H2,1-2H3,(H,15,19)(H,17,18). The quantitative estimate of drug-likeness (QED) is 0.810. The molecule has 0 aliphatic carbocycles. The molecule has 0 aliphatic rings. The first-order valence-electron chi connectivity index (χ1n) is 5.93. The summed E-state index contributed by atoms with van der Waals surface area (Å²) in [5.74, 6) is -1.10. The van der Waals surface area contributed by atoms with E-state index in [-0.39, 0.29) is 17.4 Å². The number of carbonyl (C=O) groups excluding carboxylic acids is 1. The summed E-state index contributed by atoms with van der Waals surface area (Å²) < 4.78 is 0. The number of carboxylic acids is 1. The van der Waals surface area contributed by atoms with Gasteiger partial charge in [0.1, 0.15) is 5.69 Å². The topological polar surface area (TPSA) is 85.4 Å². The predicted molar refractivity (Wildman–Crippen MR) is 77.3 cm³/mol. The summed E-state index contributed by atoms with van der Waals surface area (Å²) in [6.07, 6.45) is 0. The number of amides is 2. The van der Waals surface area contributed by atoms with E-state index in [4.69, 9.17) is 5.11 Å². The number of hydrogen-bond acceptors (Lipinski definition) is 3. The average Bonchev–Trinajstić information content (AvgIpc) is 2.98. The maximum absolute atomic E-state index is 12.0.